The average Bonchev–Trinajstić information content (AvgIpc) is 3.43. The highest BCUT2D eigenvalue weighted by molar-refractivity contribution is 6.01. The molecule has 0 fully saturated rings. The van der Waals surface area contributed by atoms with Crippen LogP contribution in [0.25, 0.3) is 33.5 Å². The van der Waals surface area contributed by atoms with Gasteiger partial charge in [-0.2, -0.15) is 4.98 Å². The van der Waals surface area contributed by atoms with Gasteiger partial charge in [-0.05, 0) is 37.6 Å². The average molecular weight is 448 g/mol. The fourth-order valence-electron chi connectivity index (χ4n) is 3.40. The first-order valence-corrected chi connectivity index (χ1v) is 10.1. The molecule has 0 bridgehead atoms. The zero-order valence-corrected chi connectivity index (χ0v) is 17.6. The molecule has 0 amide bonds. The van der Waals surface area contributed by atoms with E-state index in [4.69, 9.17) is 13.7 Å². The van der Waals surface area contributed by atoms with Gasteiger partial charge in [0.05, 0.1) is 6.33 Å². The normalized spacial score (nSPS) is 12.3. The number of carbonyl (C=O) groups excluding carboxylic acids is 1. The smallest absolute Gasteiger partial charge is 0.326 e. The van der Waals surface area contributed by atoms with E-state index in [9.17, 15) is 14.0 Å². The van der Waals surface area contributed by atoms with Crippen molar-refractivity contribution in [3.05, 3.63) is 76.4 Å². The molecule has 0 saturated carbocycles. The first kappa shape index (κ1) is 20.6. The third kappa shape index (κ3) is 3.75. The molecule has 5 aromatic rings. The summed E-state index contributed by atoms with van der Waals surface area (Å²) in [7, 11) is 0. The van der Waals surface area contributed by atoms with Crippen molar-refractivity contribution < 1.29 is 22.9 Å². The summed E-state index contributed by atoms with van der Waals surface area (Å²) in [6, 6.07) is 11.7. The molecule has 1 atom stereocenters. The number of hydrogen-bond donors (Lipinski definition) is 0. The van der Waals surface area contributed by atoms with Gasteiger partial charge in [-0.3, -0.25) is 14.2 Å². The van der Waals surface area contributed by atoms with Crippen LogP contribution in [0.3, 0.4) is 0 Å². The number of ether oxygens (including phenoxy) is 1. The van der Waals surface area contributed by atoms with E-state index in [1.165, 1.54) is 12.4 Å². The summed E-state index contributed by atoms with van der Waals surface area (Å²) < 4.78 is 31.0. The molecule has 3 aromatic heterocycles. The molecule has 0 spiro atoms. The lowest BCUT2D eigenvalue weighted by molar-refractivity contribution is -0.150. The SMILES string of the molecule is Cc1ccc(-c2noc(C(C)OC(=O)Cn3cnc4c(oc5ccccc54)c3=O)n2)cc1F. The monoisotopic (exact) mass is 448 g/mol. The summed E-state index contributed by atoms with van der Waals surface area (Å²) in [5, 5.41) is 4.53. The van der Waals surface area contributed by atoms with Crippen molar-refractivity contribution >= 4 is 28.0 Å². The van der Waals surface area contributed by atoms with Crippen molar-refractivity contribution in [1.29, 1.82) is 0 Å². The van der Waals surface area contributed by atoms with E-state index in [1.54, 1.807) is 44.2 Å². The number of aryl methyl sites for hydroxylation is 1. The molecule has 0 saturated heterocycles. The Labute approximate surface area is 185 Å². The number of fused-ring (bicyclic) bond motifs is 3. The zero-order chi connectivity index (χ0) is 23.1. The van der Waals surface area contributed by atoms with Crippen LogP contribution in [0.2, 0.25) is 0 Å². The maximum absolute atomic E-state index is 13.8. The highest BCUT2D eigenvalue weighted by Gasteiger charge is 2.21. The van der Waals surface area contributed by atoms with Gasteiger partial charge in [0.1, 0.15) is 23.5 Å². The standard InChI is InChI=1S/C23H17FN4O5/c1-12-7-8-14(9-16(12)24)21-26-22(33-27-21)13(2)31-18(29)10-28-11-25-19-15-5-3-4-6-17(15)32-20(19)23(28)30/h3-9,11,13H,10H2,1-2H3. The van der Waals surface area contributed by atoms with E-state index < -0.39 is 23.4 Å². The predicted molar refractivity (Wildman–Crippen MR) is 115 cm³/mol. The predicted octanol–water partition coefficient (Wildman–Crippen LogP) is 3.94. The Morgan fingerprint density at radius 3 is 2.88 bits per heavy atom. The molecule has 0 aliphatic carbocycles. The maximum atomic E-state index is 13.8. The molecule has 2 aromatic carbocycles. The Hall–Kier alpha value is -4.34. The van der Waals surface area contributed by atoms with E-state index in [-0.39, 0.29) is 23.8 Å². The highest BCUT2D eigenvalue weighted by atomic mass is 19.1. The number of furan rings is 1. The molecule has 0 N–H and O–H groups in total. The van der Waals surface area contributed by atoms with Gasteiger partial charge < -0.3 is 13.7 Å². The van der Waals surface area contributed by atoms with Gasteiger partial charge in [-0.25, -0.2) is 9.37 Å². The Balaban J connectivity index is 1.32. The van der Waals surface area contributed by atoms with Crippen molar-refractivity contribution in [2.24, 2.45) is 0 Å². The van der Waals surface area contributed by atoms with Crippen LogP contribution >= 0.6 is 0 Å². The molecule has 5 rings (SSSR count). The second-order valence-corrected chi connectivity index (χ2v) is 7.51. The lowest BCUT2D eigenvalue weighted by Gasteiger charge is -2.10. The van der Waals surface area contributed by atoms with E-state index in [0.29, 0.717) is 27.6 Å². The molecule has 166 valence electrons. The minimum absolute atomic E-state index is 0.0394. The summed E-state index contributed by atoms with van der Waals surface area (Å²) in [5.74, 6) is -0.887. The van der Waals surface area contributed by atoms with Gasteiger partial charge in [-0.1, -0.05) is 29.4 Å². The highest BCUT2D eigenvalue weighted by Crippen LogP contribution is 2.25. The Bertz CT molecular complexity index is 1570. The lowest BCUT2D eigenvalue weighted by atomic mass is 10.1. The lowest BCUT2D eigenvalue weighted by Crippen LogP contribution is -2.26. The van der Waals surface area contributed by atoms with E-state index in [1.807, 2.05) is 6.07 Å². The third-order valence-corrected chi connectivity index (χ3v) is 5.18. The number of rotatable bonds is 5. The molecule has 9 nitrogen and oxygen atoms in total. The van der Waals surface area contributed by atoms with Crippen molar-refractivity contribution in [1.82, 2.24) is 19.7 Å². The zero-order valence-electron chi connectivity index (χ0n) is 17.6. The molecule has 10 heteroatoms. The van der Waals surface area contributed by atoms with Gasteiger partial charge in [0.15, 0.2) is 6.10 Å². The largest absolute Gasteiger partial charge is 0.451 e. The van der Waals surface area contributed by atoms with Crippen LogP contribution < -0.4 is 5.56 Å². The summed E-state index contributed by atoms with van der Waals surface area (Å²) in [4.78, 5) is 33.6. The Kier molecular flexibility index (Phi) is 4.97. The molecule has 0 radical (unpaired) electrons. The topological polar surface area (TPSA) is 113 Å². The van der Waals surface area contributed by atoms with Crippen molar-refractivity contribution in [2.45, 2.75) is 26.5 Å². The summed E-state index contributed by atoms with van der Waals surface area (Å²) in [6.07, 6.45) is 0.391. The van der Waals surface area contributed by atoms with E-state index in [2.05, 4.69) is 15.1 Å². The minimum atomic E-state index is -0.882. The summed E-state index contributed by atoms with van der Waals surface area (Å²) >= 11 is 0. The molecule has 3 heterocycles. The van der Waals surface area contributed by atoms with Gasteiger partial charge in [0, 0.05) is 10.9 Å². The van der Waals surface area contributed by atoms with Gasteiger partial charge in [0.2, 0.25) is 11.4 Å². The Morgan fingerprint density at radius 2 is 2.06 bits per heavy atom. The number of para-hydroxylation sites is 1. The van der Waals surface area contributed by atoms with Crippen molar-refractivity contribution in [3.63, 3.8) is 0 Å². The molecular weight excluding hydrogens is 431 g/mol. The van der Waals surface area contributed by atoms with Gasteiger partial charge in [-0.15, -0.1) is 0 Å². The van der Waals surface area contributed by atoms with Crippen LogP contribution in [0.4, 0.5) is 4.39 Å². The van der Waals surface area contributed by atoms with E-state index in [0.717, 1.165) is 4.57 Å². The van der Waals surface area contributed by atoms with Gasteiger partial charge >= 0.3 is 5.97 Å². The number of aromatic nitrogens is 4. The third-order valence-electron chi connectivity index (χ3n) is 5.18. The van der Waals surface area contributed by atoms with Crippen LogP contribution in [0.15, 0.2) is 62.5 Å². The quantitative estimate of drug-likeness (QED) is 0.372. The second-order valence-electron chi connectivity index (χ2n) is 7.51. The number of esters is 1. The van der Waals surface area contributed by atoms with Crippen LogP contribution in [0.5, 0.6) is 0 Å². The Morgan fingerprint density at radius 1 is 1.24 bits per heavy atom. The molecule has 33 heavy (non-hydrogen) atoms. The molecule has 0 aliphatic heterocycles. The van der Waals surface area contributed by atoms with Crippen molar-refractivity contribution in [3.8, 4) is 11.4 Å². The second kappa shape index (κ2) is 7.97. The molecular formula is C23H17FN4O5. The van der Waals surface area contributed by atoms with Crippen molar-refractivity contribution in [2.75, 3.05) is 0 Å². The number of benzene rings is 2. The van der Waals surface area contributed by atoms with Crippen LogP contribution in [0, 0.1) is 12.7 Å². The minimum Gasteiger partial charge on any atom is -0.451 e. The van der Waals surface area contributed by atoms with Crippen LogP contribution in [0.1, 0.15) is 24.5 Å². The number of nitrogens with zero attached hydrogens (tertiary/aromatic N) is 4. The van der Waals surface area contributed by atoms with Gasteiger partial charge in [0.25, 0.3) is 11.4 Å². The number of carbonyl (C=O) groups is 1. The fraction of sp³-hybridized carbons (Fsp3) is 0.174. The number of halogens is 1. The summed E-state index contributed by atoms with van der Waals surface area (Å²) in [6.45, 7) is 2.82. The molecule has 0 aliphatic rings. The maximum Gasteiger partial charge on any atom is 0.326 e. The first-order valence-electron chi connectivity index (χ1n) is 10.1. The van der Waals surface area contributed by atoms with Crippen LogP contribution in [-0.4, -0.2) is 25.7 Å². The fourth-order valence-corrected chi connectivity index (χ4v) is 3.40. The first-order chi connectivity index (χ1) is 15.9. The van der Waals surface area contributed by atoms with E-state index >= 15 is 0 Å². The van der Waals surface area contributed by atoms with Crippen LogP contribution in [-0.2, 0) is 16.1 Å². The number of hydrogen-bond acceptors (Lipinski definition) is 8. The summed E-state index contributed by atoms with van der Waals surface area (Å²) in [5.41, 5.74) is 1.46. The molecule has 1 unspecified atom stereocenters.